The van der Waals surface area contributed by atoms with Crippen molar-refractivity contribution in [2.75, 3.05) is 19.8 Å². The number of benzene rings is 1. The summed E-state index contributed by atoms with van der Waals surface area (Å²) in [5.74, 6) is -1.86. The molecule has 0 bridgehead atoms. The minimum absolute atomic E-state index is 0.0595. The van der Waals surface area contributed by atoms with E-state index in [-0.39, 0.29) is 19.8 Å². The van der Waals surface area contributed by atoms with Crippen LogP contribution in [-0.4, -0.2) is 59.4 Å². The lowest BCUT2D eigenvalue weighted by Crippen LogP contribution is -2.70. The lowest BCUT2D eigenvalue weighted by Gasteiger charge is -2.54. The first-order chi connectivity index (χ1) is 13.5. The lowest BCUT2D eigenvalue weighted by atomic mass is 9.70. The summed E-state index contributed by atoms with van der Waals surface area (Å²) in [6.07, 6.45) is -1.08. The third kappa shape index (κ3) is 2.91. The quantitative estimate of drug-likeness (QED) is 0.751. The summed E-state index contributed by atoms with van der Waals surface area (Å²) in [7, 11) is 0. The van der Waals surface area contributed by atoms with Crippen molar-refractivity contribution in [1.82, 2.24) is 0 Å². The van der Waals surface area contributed by atoms with Crippen LogP contribution in [0.5, 0.6) is 0 Å². The van der Waals surface area contributed by atoms with Crippen LogP contribution in [0.25, 0.3) is 0 Å². The van der Waals surface area contributed by atoms with Gasteiger partial charge in [-0.3, -0.25) is 0 Å². The zero-order valence-corrected chi connectivity index (χ0v) is 18.1. The molecular weight excluding hydrogens is 376 g/mol. The number of aliphatic hydroxyl groups excluding tert-OH is 1. The predicted molar refractivity (Wildman–Crippen MR) is 104 cm³/mol. The minimum Gasteiger partial charge on any atom is -0.394 e. The fraction of sp³-hybridized carbons (Fsp3) is 0.727. The molecule has 6 atom stereocenters. The third-order valence-electron chi connectivity index (χ3n) is 6.84. The Kier molecular flexibility index (Phi) is 4.91. The van der Waals surface area contributed by atoms with Gasteiger partial charge in [0.15, 0.2) is 17.7 Å². The summed E-state index contributed by atoms with van der Waals surface area (Å²) < 4.78 is 37.9. The normalized spacial score (nSPS) is 45.8. The van der Waals surface area contributed by atoms with Gasteiger partial charge in [0.2, 0.25) is 5.79 Å². The van der Waals surface area contributed by atoms with Crippen molar-refractivity contribution in [2.45, 2.75) is 82.3 Å². The van der Waals surface area contributed by atoms with Crippen LogP contribution in [0.1, 0.15) is 53.4 Å². The molecule has 1 aromatic rings. The van der Waals surface area contributed by atoms with Crippen molar-refractivity contribution in [1.29, 1.82) is 0 Å². The molecule has 1 aromatic carbocycles. The zero-order chi connectivity index (χ0) is 21.1. The molecule has 0 amide bonds. The van der Waals surface area contributed by atoms with Gasteiger partial charge in [0.25, 0.3) is 0 Å². The molecule has 3 aliphatic heterocycles. The summed E-state index contributed by atoms with van der Waals surface area (Å²) >= 11 is 0. The average Bonchev–Trinajstić information content (AvgIpc) is 2.90. The van der Waals surface area contributed by atoms with E-state index in [1.807, 2.05) is 71.9 Å². The maximum Gasteiger partial charge on any atom is 0.201 e. The highest BCUT2D eigenvalue weighted by Gasteiger charge is 2.83. The Morgan fingerprint density at radius 3 is 2.28 bits per heavy atom. The van der Waals surface area contributed by atoms with E-state index in [0.717, 1.165) is 5.56 Å². The van der Waals surface area contributed by atoms with Gasteiger partial charge in [-0.2, -0.15) is 0 Å². The van der Waals surface area contributed by atoms with Gasteiger partial charge in [-0.15, -0.1) is 0 Å². The summed E-state index contributed by atoms with van der Waals surface area (Å²) in [5, 5.41) is 9.14. The zero-order valence-electron chi connectivity index (χ0n) is 18.1. The first-order valence-electron chi connectivity index (χ1n) is 10.2. The van der Waals surface area contributed by atoms with Gasteiger partial charge in [0.05, 0.1) is 19.8 Å². The van der Waals surface area contributed by atoms with Crippen LogP contribution in [0.3, 0.4) is 0 Å². The Morgan fingerprint density at radius 1 is 0.931 bits per heavy atom. The monoisotopic (exact) mass is 408 g/mol. The summed E-state index contributed by atoms with van der Waals surface area (Å²) in [4.78, 5) is 0. The van der Waals surface area contributed by atoms with Gasteiger partial charge in [0, 0.05) is 5.56 Å². The highest BCUT2D eigenvalue weighted by Crippen LogP contribution is 2.65. The van der Waals surface area contributed by atoms with Crippen molar-refractivity contribution >= 4 is 0 Å². The number of aliphatic hydroxyl groups is 1. The molecular formula is C22H32O7. The Hall–Kier alpha value is -1.06. The van der Waals surface area contributed by atoms with Gasteiger partial charge < -0.3 is 33.5 Å². The van der Waals surface area contributed by atoms with Crippen LogP contribution in [0.4, 0.5) is 0 Å². The molecule has 3 saturated heterocycles. The maximum absolute atomic E-state index is 9.14. The van der Waals surface area contributed by atoms with Crippen molar-refractivity contribution in [2.24, 2.45) is 0 Å². The second kappa shape index (κ2) is 6.72. The topological polar surface area (TPSA) is 75.6 Å². The fourth-order valence-corrected chi connectivity index (χ4v) is 5.13. The van der Waals surface area contributed by atoms with Crippen molar-refractivity contribution in [3.63, 3.8) is 0 Å². The standard InChI is InChI=1S/C22H32O7/c1-18(2)27-21(5)20(4)19(3,29-22(21,6)28-18)16(14-24-13-12-23)25-17(26-20)15-10-8-7-9-11-15/h7-11,16-17,23H,12-14H2,1-6H3. The van der Waals surface area contributed by atoms with Crippen molar-refractivity contribution in [3.8, 4) is 0 Å². The first kappa shape index (κ1) is 21.2. The van der Waals surface area contributed by atoms with E-state index in [0.29, 0.717) is 0 Å². The largest absolute Gasteiger partial charge is 0.394 e. The van der Waals surface area contributed by atoms with E-state index in [2.05, 4.69) is 0 Å². The number of hydrogen-bond donors (Lipinski definition) is 1. The van der Waals surface area contributed by atoms with Gasteiger partial charge in [0.1, 0.15) is 17.3 Å². The third-order valence-corrected chi connectivity index (χ3v) is 6.84. The second-order valence-corrected chi connectivity index (χ2v) is 9.11. The smallest absolute Gasteiger partial charge is 0.201 e. The van der Waals surface area contributed by atoms with Crippen LogP contribution in [-0.2, 0) is 28.4 Å². The fourth-order valence-electron chi connectivity index (χ4n) is 5.13. The van der Waals surface area contributed by atoms with Crippen LogP contribution >= 0.6 is 0 Å². The minimum atomic E-state index is -1.04. The molecule has 0 saturated carbocycles. The highest BCUT2D eigenvalue weighted by molar-refractivity contribution is 5.27. The summed E-state index contributed by atoms with van der Waals surface area (Å²) in [6, 6.07) is 9.79. The van der Waals surface area contributed by atoms with Gasteiger partial charge >= 0.3 is 0 Å². The molecule has 3 heterocycles. The number of fused-ring (bicyclic) bond motifs is 3. The van der Waals surface area contributed by atoms with Gasteiger partial charge in [-0.25, -0.2) is 0 Å². The molecule has 7 nitrogen and oxygen atoms in total. The molecule has 3 fully saturated rings. The molecule has 0 aromatic heterocycles. The van der Waals surface area contributed by atoms with Crippen LogP contribution in [0, 0.1) is 0 Å². The Balaban J connectivity index is 1.77. The van der Waals surface area contributed by atoms with Crippen molar-refractivity contribution in [3.05, 3.63) is 35.9 Å². The van der Waals surface area contributed by atoms with Gasteiger partial charge in [-0.05, 0) is 41.5 Å². The van der Waals surface area contributed by atoms with E-state index in [9.17, 15) is 0 Å². The van der Waals surface area contributed by atoms with E-state index in [1.165, 1.54) is 0 Å². The molecule has 1 N–H and O–H groups in total. The molecule has 3 aliphatic rings. The maximum atomic E-state index is 9.14. The summed E-state index contributed by atoms with van der Waals surface area (Å²) in [6.45, 7) is 12.0. The first-order valence-corrected chi connectivity index (χ1v) is 10.2. The molecule has 0 spiro atoms. The lowest BCUT2D eigenvalue weighted by molar-refractivity contribution is -0.387. The molecule has 162 valence electrons. The van der Waals surface area contributed by atoms with E-state index >= 15 is 0 Å². The molecule has 7 heteroatoms. The molecule has 4 rings (SSSR count). The van der Waals surface area contributed by atoms with Crippen LogP contribution in [0.15, 0.2) is 30.3 Å². The Morgan fingerprint density at radius 2 is 1.62 bits per heavy atom. The predicted octanol–water partition coefficient (Wildman–Crippen LogP) is 2.91. The van der Waals surface area contributed by atoms with Gasteiger partial charge in [-0.1, -0.05) is 30.3 Å². The number of rotatable bonds is 5. The van der Waals surface area contributed by atoms with E-state index in [1.54, 1.807) is 0 Å². The number of ether oxygens (including phenoxy) is 6. The average molecular weight is 408 g/mol. The molecule has 0 aliphatic carbocycles. The van der Waals surface area contributed by atoms with Crippen molar-refractivity contribution < 1.29 is 33.5 Å². The molecule has 0 radical (unpaired) electrons. The van der Waals surface area contributed by atoms with Crippen LogP contribution in [0.2, 0.25) is 0 Å². The van der Waals surface area contributed by atoms with E-state index in [4.69, 9.17) is 33.5 Å². The molecule has 6 unspecified atom stereocenters. The molecule has 29 heavy (non-hydrogen) atoms. The highest BCUT2D eigenvalue weighted by atomic mass is 16.9. The van der Waals surface area contributed by atoms with E-state index < -0.39 is 40.8 Å². The van der Waals surface area contributed by atoms with Crippen LogP contribution < -0.4 is 0 Å². The number of hydrogen-bond acceptors (Lipinski definition) is 7. The summed E-state index contributed by atoms with van der Waals surface area (Å²) in [5.41, 5.74) is -1.81. The Labute approximate surface area is 172 Å². The Bertz CT molecular complexity index is 755. The SMILES string of the molecule is CC1(C)OC2(C)OC3(C)C(COCCO)OC(c4ccccc4)OC3(C)C2(C)O1. The second-order valence-electron chi connectivity index (χ2n) is 9.11.